The molecule has 0 saturated heterocycles. The van der Waals surface area contributed by atoms with Crippen molar-refractivity contribution in [3.63, 3.8) is 0 Å². The van der Waals surface area contributed by atoms with Crippen LogP contribution in [0.5, 0.6) is 0 Å². The lowest BCUT2D eigenvalue weighted by molar-refractivity contribution is 0.636. The van der Waals surface area contributed by atoms with E-state index in [1.807, 2.05) is 11.6 Å². The molecule has 1 aromatic heterocycles. The van der Waals surface area contributed by atoms with Crippen molar-refractivity contribution in [3.8, 4) is 0 Å². The summed E-state index contributed by atoms with van der Waals surface area (Å²) in [5.41, 5.74) is 2.37. The molecule has 0 spiro atoms. The average Bonchev–Trinajstić information content (AvgIpc) is 2.25. The lowest BCUT2D eigenvalue weighted by Crippen LogP contribution is -2.29. The van der Waals surface area contributed by atoms with E-state index in [4.69, 9.17) is 0 Å². The first kappa shape index (κ1) is 9.04. The summed E-state index contributed by atoms with van der Waals surface area (Å²) < 4.78 is 1.94. The molecule has 0 saturated carbocycles. The first-order valence-corrected chi connectivity index (χ1v) is 4.27. The Bertz CT molecular complexity index is 381. The van der Waals surface area contributed by atoms with Crippen LogP contribution >= 0.6 is 0 Å². The van der Waals surface area contributed by atoms with Crippen LogP contribution in [0.1, 0.15) is 26.5 Å². The molecule has 0 fully saturated rings. The van der Waals surface area contributed by atoms with Crippen molar-refractivity contribution in [1.82, 2.24) is 9.78 Å². The third-order valence-corrected chi connectivity index (χ3v) is 2.03. The Labute approximate surface area is 73.2 Å². The van der Waals surface area contributed by atoms with Crippen LogP contribution in [-0.2, 0) is 6.54 Å². The first-order chi connectivity index (χ1) is 5.57. The van der Waals surface area contributed by atoms with E-state index in [0.29, 0.717) is 0 Å². The highest BCUT2D eigenvalue weighted by Gasteiger charge is 1.99. The van der Waals surface area contributed by atoms with Crippen molar-refractivity contribution in [2.75, 3.05) is 0 Å². The smallest absolute Gasteiger partial charge is 0.0671 e. The van der Waals surface area contributed by atoms with E-state index in [-0.39, 0.29) is 0 Å². The van der Waals surface area contributed by atoms with Gasteiger partial charge in [0.15, 0.2) is 0 Å². The van der Waals surface area contributed by atoms with E-state index in [9.17, 15) is 0 Å². The molecule has 12 heavy (non-hydrogen) atoms. The number of hydrogen-bond donors (Lipinski definition) is 0. The van der Waals surface area contributed by atoms with Crippen LogP contribution in [0, 0.1) is 6.92 Å². The summed E-state index contributed by atoms with van der Waals surface area (Å²) in [5.74, 6) is 0. The Morgan fingerprint density at radius 2 is 2.08 bits per heavy atom. The van der Waals surface area contributed by atoms with Gasteiger partial charge >= 0.3 is 0 Å². The minimum absolute atomic E-state index is 0.896. The molecular weight excluding hydrogens is 148 g/mol. The predicted octanol–water partition coefficient (Wildman–Crippen LogP) is 0.812. The molecule has 0 atom stereocenters. The second-order valence-electron chi connectivity index (χ2n) is 3.22. The molecule has 0 unspecified atom stereocenters. The van der Waals surface area contributed by atoms with E-state index in [0.717, 1.165) is 17.6 Å². The fourth-order valence-corrected chi connectivity index (χ4v) is 1.54. The van der Waals surface area contributed by atoms with Crippen LogP contribution in [0.3, 0.4) is 0 Å². The highest BCUT2D eigenvalue weighted by molar-refractivity contribution is 5.40. The third kappa shape index (κ3) is 1.29. The minimum Gasteiger partial charge on any atom is -0.265 e. The summed E-state index contributed by atoms with van der Waals surface area (Å²) in [6.07, 6.45) is 0. The monoisotopic (exact) mass is 164 g/mol. The van der Waals surface area contributed by atoms with Gasteiger partial charge in [-0.2, -0.15) is 5.10 Å². The Morgan fingerprint density at radius 3 is 2.33 bits per heavy atom. The molecule has 0 aliphatic rings. The Morgan fingerprint density at radius 1 is 1.50 bits per heavy atom. The molecule has 0 bridgehead atoms. The van der Waals surface area contributed by atoms with E-state index >= 15 is 0 Å². The zero-order chi connectivity index (χ0) is 9.30. The molecule has 0 amide bonds. The van der Waals surface area contributed by atoms with Crippen LogP contribution < -0.4 is 10.6 Å². The van der Waals surface area contributed by atoms with Gasteiger partial charge in [-0.15, -0.1) is 0 Å². The van der Waals surface area contributed by atoms with Crippen LogP contribution in [0.4, 0.5) is 0 Å². The molecule has 1 rings (SSSR count). The van der Waals surface area contributed by atoms with Gasteiger partial charge in [0, 0.05) is 11.8 Å². The average molecular weight is 164 g/mol. The third-order valence-electron chi connectivity index (χ3n) is 2.03. The normalized spacial score (nSPS) is 10.3. The topological polar surface area (TPSA) is 17.8 Å². The Kier molecular flexibility index (Phi) is 2.36. The van der Waals surface area contributed by atoms with Gasteiger partial charge in [-0.3, -0.25) is 4.68 Å². The van der Waals surface area contributed by atoms with Crippen LogP contribution in [0.25, 0.3) is 12.2 Å². The fraction of sp³-hybridized carbons (Fsp3) is 0.500. The van der Waals surface area contributed by atoms with Gasteiger partial charge in [-0.25, -0.2) is 0 Å². The van der Waals surface area contributed by atoms with Crippen molar-refractivity contribution < 1.29 is 0 Å². The fourth-order valence-electron chi connectivity index (χ4n) is 1.54. The molecule has 0 aliphatic carbocycles. The van der Waals surface area contributed by atoms with Gasteiger partial charge in [0.05, 0.1) is 11.0 Å². The lowest BCUT2D eigenvalue weighted by Gasteiger charge is -1.91. The largest absolute Gasteiger partial charge is 0.265 e. The van der Waals surface area contributed by atoms with Gasteiger partial charge in [-0.05, 0) is 27.7 Å². The molecule has 1 heterocycles. The van der Waals surface area contributed by atoms with Crippen LogP contribution in [0.15, 0.2) is 0 Å². The Hall–Kier alpha value is -1.05. The van der Waals surface area contributed by atoms with Gasteiger partial charge in [-0.1, -0.05) is 12.2 Å². The quantitative estimate of drug-likeness (QED) is 0.600. The maximum atomic E-state index is 4.38. The molecule has 66 valence electrons. The molecular formula is C10H16N2. The molecule has 0 N–H and O–H groups in total. The number of aromatic nitrogens is 2. The maximum absolute atomic E-state index is 4.38. The molecule has 1 aromatic rings. The molecule has 0 radical (unpaired) electrons. The van der Waals surface area contributed by atoms with E-state index < -0.39 is 0 Å². The van der Waals surface area contributed by atoms with Gasteiger partial charge < -0.3 is 0 Å². The summed E-state index contributed by atoms with van der Waals surface area (Å²) in [6.45, 7) is 13.2. The van der Waals surface area contributed by atoms with Crippen LogP contribution in [0.2, 0.25) is 0 Å². The first-order valence-electron chi connectivity index (χ1n) is 4.27. The maximum Gasteiger partial charge on any atom is 0.0671 e. The summed E-state index contributed by atoms with van der Waals surface area (Å²) in [7, 11) is 0. The summed E-state index contributed by atoms with van der Waals surface area (Å²) in [5, 5.41) is 6.64. The summed E-state index contributed by atoms with van der Waals surface area (Å²) in [6, 6.07) is 0. The Balaban J connectivity index is 3.62. The second kappa shape index (κ2) is 3.13. The molecule has 0 aromatic carbocycles. The molecule has 2 heteroatoms. The lowest BCUT2D eigenvalue weighted by atomic mass is 10.2. The zero-order valence-corrected chi connectivity index (χ0v) is 8.31. The molecule has 2 nitrogen and oxygen atoms in total. The highest BCUT2D eigenvalue weighted by Crippen LogP contribution is 1.87. The van der Waals surface area contributed by atoms with E-state index in [1.54, 1.807) is 0 Å². The number of rotatable bonds is 1. The summed E-state index contributed by atoms with van der Waals surface area (Å²) in [4.78, 5) is 0. The second-order valence-corrected chi connectivity index (χ2v) is 3.22. The minimum atomic E-state index is 0.896. The van der Waals surface area contributed by atoms with Gasteiger partial charge in [0.1, 0.15) is 0 Å². The standard InChI is InChI=1S/C10H16N2/c1-6-12-9(5)10(7(2)3)8(4)11-12/h5-6H2,1-4H3. The summed E-state index contributed by atoms with van der Waals surface area (Å²) >= 11 is 0. The number of aryl methyl sites for hydroxylation is 2. The zero-order valence-electron chi connectivity index (χ0n) is 8.31. The van der Waals surface area contributed by atoms with Gasteiger partial charge in [0.25, 0.3) is 0 Å². The van der Waals surface area contributed by atoms with Crippen molar-refractivity contribution in [2.24, 2.45) is 0 Å². The van der Waals surface area contributed by atoms with Crippen LogP contribution in [-0.4, -0.2) is 9.78 Å². The van der Waals surface area contributed by atoms with Crippen molar-refractivity contribution in [1.29, 1.82) is 0 Å². The van der Waals surface area contributed by atoms with Crippen molar-refractivity contribution >= 4 is 12.2 Å². The molecule has 0 aliphatic heterocycles. The van der Waals surface area contributed by atoms with E-state index in [1.165, 1.54) is 10.8 Å². The number of nitrogens with zero attached hydrogens (tertiary/aromatic N) is 2. The SMILES string of the molecule is C=c1c(=C(C)C)c(C)nn1CC. The van der Waals surface area contributed by atoms with E-state index in [2.05, 4.69) is 32.4 Å². The van der Waals surface area contributed by atoms with Gasteiger partial charge in [0.2, 0.25) is 0 Å². The predicted molar refractivity (Wildman–Crippen MR) is 52.2 cm³/mol. The van der Waals surface area contributed by atoms with Crippen molar-refractivity contribution in [3.05, 3.63) is 16.3 Å². The number of hydrogen-bond acceptors (Lipinski definition) is 1. The highest BCUT2D eigenvalue weighted by atomic mass is 15.3. The van der Waals surface area contributed by atoms with Crippen molar-refractivity contribution in [2.45, 2.75) is 34.2 Å².